The van der Waals surface area contributed by atoms with E-state index >= 15 is 0 Å². The van der Waals surface area contributed by atoms with Crippen molar-refractivity contribution in [3.63, 3.8) is 0 Å². The molecule has 0 atom stereocenters. The summed E-state index contributed by atoms with van der Waals surface area (Å²) >= 11 is 0.313. The monoisotopic (exact) mass is 639 g/mol. The average Bonchev–Trinajstić information content (AvgIpc) is 3.51. The summed E-state index contributed by atoms with van der Waals surface area (Å²) < 4.78 is 2.96. The number of hydrogen-bond donors (Lipinski definition) is 0. The molecule has 0 fully saturated rings. The van der Waals surface area contributed by atoms with E-state index in [9.17, 15) is 0 Å². The van der Waals surface area contributed by atoms with Crippen LogP contribution in [0.4, 0.5) is 0 Å². The van der Waals surface area contributed by atoms with Crippen molar-refractivity contribution in [3.8, 4) is 45.3 Å². The zero-order chi connectivity index (χ0) is 29.7. The third-order valence-corrected chi connectivity index (χ3v) is 11.1. The molecule has 0 amide bonds. The van der Waals surface area contributed by atoms with Crippen LogP contribution in [0.1, 0.15) is 0 Å². The van der Waals surface area contributed by atoms with E-state index < -0.39 is 0 Å². The summed E-state index contributed by atoms with van der Waals surface area (Å²) in [7, 11) is 0. The molecule has 7 aromatic carbocycles. The smallest absolute Gasteiger partial charge is 0.0615 e. The second-order valence-corrected chi connectivity index (χ2v) is 13.5. The molecule has 4 heteroatoms. The van der Waals surface area contributed by atoms with Gasteiger partial charge in [0, 0.05) is 11.1 Å². The first-order valence-corrected chi connectivity index (χ1v) is 16.7. The topological polar surface area (TPSA) is 38.7 Å². The van der Waals surface area contributed by atoms with Crippen molar-refractivity contribution >= 4 is 55.3 Å². The zero-order valence-corrected chi connectivity index (χ0v) is 25.9. The number of aromatic nitrogens is 3. The molecular weight excluding hydrogens is 613 g/mol. The number of rotatable bonds is 4. The Morgan fingerprint density at radius 1 is 0.356 bits per heavy atom. The summed E-state index contributed by atoms with van der Waals surface area (Å²) in [6, 6.07) is 53.7. The minimum Gasteiger partial charge on any atom is -0.0615 e. The zero-order valence-electron chi connectivity index (χ0n) is 24.2. The Kier molecular flexibility index (Phi) is 6.15. The van der Waals surface area contributed by atoms with Crippen LogP contribution in [0.3, 0.4) is 0 Å². The molecular formula is C41H25N3Se. The van der Waals surface area contributed by atoms with Gasteiger partial charge in [0.2, 0.25) is 0 Å². The summed E-state index contributed by atoms with van der Waals surface area (Å²) in [5, 5.41) is 7.65. The maximum atomic E-state index is 4.94. The third kappa shape index (κ3) is 4.55. The van der Waals surface area contributed by atoms with Crippen molar-refractivity contribution < 1.29 is 0 Å². The summed E-state index contributed by atoms with van der Waals surface area (Å²) in [5.41, 5.74) is 5.53. The Bertz CT molecular complexity index is 2480. The first kappa shape index (κ1) is 26.0. The normalized spacial score (nSPS) is 11.6. The van der Waals surface area contributed by atoms with Crippen LogP contribution in [0.2, 0.25) is 0 Å². The van der Waals surface area contributed by atoms with Crippen molar-refractivity contribution in [1.29, 1.82) is 0 Å². The summed E-state index contributed by atoms with van der Waals surface area (Å²) in [6.07, 6.45) is 0. The molecule has 0 radical (unpaired) electrons. The molecule has 210 valence electrons. The van der Waals surface area contributed by atoms with Gasteiger partial charge in [-0.2, -0.15) is 0 Å². The number of hydrogen-bond acceptors (Lipinski definition) is 3. The summed E-state index contributed by atoms with van der Waals surface area (Å²) in [4.78, 5) is 14.7. The Morgan fingerprint density at radius 2 is 0.889 bits per heavy atom. The van der Waals surface area contributed by atoms with Crippen molar-refractivity contribution in [2.75, 3.05) is 0 Å². The van der Waals surface area contributed by atoms with Crippen molar-refractivity contribution in [3.05, 3.63) is 152 Å². The van der Waals surface area contributed by atoms with E-state index in [0.29, 0.717) is 32.0 Å². The molecule has 0 saturated heterocycles. The molecule has 0 unspecified atom stereocenters. The molecule has 2 aromatic heterocycles. The van der Waals surface area contributed by atoms with Gasteiger partial charge in [-0.3, -0.25) is 0 Å². The van der Waals surface area contributed by atoms with Gasteiger partial charge in [-0.05, 0) is 0 Å². The molecule has 2 heterocycles. The van der Waals surface area contributed by atoms with Gasteiger partial charge < -0.3 is 0 Å². The van der Waals surface area contributed by atoms with E-state index in [1.165, 1.54) is 46.6 Å². The summed E-state index contributed by atoms with van der Waals surface area (Å²) in [5.74, 6) is 2.01. The molecule has 0 aliphatic rings. The van der Waals surface area contributed by atoms with Crippen LogP contribution in [0, 0.1) is 0 Å². The quantitative estimate of drug-likeness (QED) is 0.142. The van der Waals surface area contributed by atoms with Crippen LogP contribution in [0.15, 0.2) is 152 Å². The fourth-order valence-electron chi connectivity index (χ4n) is 6.29. The van der Waals surface area contributed by atoms with Crippen molar-refractivity contribution in [2.45, 2.75) is 0 Å². The number of nitrogens with zero attached hydrogens (tertiary/aromatic N) is 3. The predicted octanol–water partition coefficient (Wildman–Crippen LogP) is 10.2. The fraction of sp³-hybridized carbons (Fsp3) is 0. The Morgan fingerprint density at radius 3 is 1.56 bits per heavy atom. The molecule has 9 rings (SSSR count). The molecule has 0 aliphatic carbocycles. The maximum absolute atomic E-state index is 4.94. The van der Waals surface area contributed by atoms with Gasteiger partial charge in [0.15, 0.2) is 11.6 Å². The van der Waals surface area contributed by atoms with Gasteiger partial charge in [0.05, 0.1) is 0 Å². The van der Waals surface area contributed by atoms with Crippen molar-refractivity contribution in [2.24, 2.45) is 0 Å². The van der Waals surface area contributed by atoms with Gasteiger partial charge in [-0.25, -0.2) is 4.98 Å². The Labute approximate surface area is 266 Å². The second kappa shape index (κ2) is 10.6. The van der Waals surface area contributed by atoms with E-state index in [4.69, 9.17) is 15.0 Å². The minimum atomic E-state index is 0.313. The Hall–Kier alpha value is -5.41. The first-order chi connectivity index (χ1) is 22.3. The minimum absolute atomic E-state index is 0.313. The molecule has 0 spiro atoms. The van der Waals surface area contributed by atoms with E-state index in [1.807, 2.05) is 60.7 Å². The van der Waals surface area contributed by atoms with Gasteiger partial charge in [-0.1, -0.05) is 60.7 Å². The van der Waals surface area contributed by atoms with E-state index in [-0.39, 0.29) is 0 Å². The van der Waals surface area contributed by atoms with Crippen molar-refractivity contribution in [1.82, 2.24) is 15.0 Å². The van der Waals surface area contributed by atoms with Crippen LogP contribution in [0.25, 0.3) is 86.1 Å². The van der Waals surface area contributed by atoms with Gasteiger partial charge in [-0.15, -0.1) is 0 Å². The molecule has 0 aliphatic heterocycles. The second-order valence-electron chi connectivity index (χ2n) is 11.3. The number of benzene rings is 7. The summed E-state index contributed by atoms with van der Waals surface area (Å²) in [6.45, 7) is 0. The third-order valence-electron chi connectivity index (χ3n) is 8.51. The van der Waals surface area contributed by atoms with E-state index in [2.05, 4.69) is 91.0 Å². The molecule has 9 aromatic rings. The number of fused-ring (bicyclic) bond motifs is 6. The molecule has 3 nitrogen and oxygen atoms in total. The van der Waals surface area contributed by atoms with Crippen LogP contribution >= 0.6 is 0 Å². The average molecular weight is 639 g/mol. The molecule has 45 heavy (non-hydrogen) atoms. The Balaban J connectivity index is 1.15. The van der Waals surface area contributed by atoms with E-state index in [0.717, 1.165) is 22.1 Å². The van der Waals surface area contributed by atoms with E-state index in [1.54, 1.807) is 0 Å². The van der Waals surface area contributed by atoms with Crippen LogP contribution in [-0.2, 0) is 0 Å². The van der Waals surface area contributed by atoms with Gasteiger partial charge in [0.25, 0.3) is 0 Å². The fourth-order valence-corrected chi connectivity index (χ4v) is 8.89. The standard InChI is InChI=1S/C41H25N3Se/c1-3-10-26(11-4-1)39-42-40(27-12-5-2-6-13-27)44-41(43-39)31-21-23-33-29(25-31)19-18-28-24-30(20-22-32(28)33)34-15-9-16-36-35-14-7-8-17-37(35)45-38(34)36/h1-25H. The SMILES string of the molecule is c1ccc(-c2nc(-c3ccccc3)nc(-c3ccc4c(ccc5cc(-c6cccc7c6[se]c6ccccc67)ccc54)c3)n2)cc1. The first-order valence-electron chi connectivity index (χ1n) is 15.0. The van der Waals surface area contributed by atoms with Crippen LogP contribution in [-0.4, -0.2) is 29.5 Å². The van der Waals surface area contributed by atoms with Gasteiger partial charge in [0.1, 0.15) is 0 Å². The van der Waals surface area contributed by atoms with Crippen LogP contribution < -0.4 is 0 Å². The molecule has 0 N–H and O–H groups in total. The molecule has 0 saturated carbocycles. The molecule has 0 bridgehead atoms. The van der Waals surface area contributed by atoms with Gasteiger partial charge >= 0.3 is 179 Å². The van der Waals surface area contributed by atoms with Crippen LogP contribution in [0.5, 0.6) is 0 Å². The predicted molar refractivity (Wildman–Crippen MR) is 189 cm³/mol.